The molecule has 0 atom stereocenters. The molecule has 1 aromatic carbocycles. The Balaban J connectivity index is 1.92. The van der Waals surface area contributed by atoms with Crippen molar-refractivity contribution in [1.29, 1.82) is 0 Å². The topological polar surface area (TPSA) is 101 Å². The number of carbonyl (C=O) groups is 2. The molecule has 2 aromatic heterocycles. The first-order chi connectivity index (χ1) is 12.9. The van der Waals surface area contributed by atoms with Crippen LogP contribution in [0.15, 0.2) is 44.0 Å². The van der Waals surface area contributed by atoms with Gasteiger partial charge in [0.2, 0.25) is 5.76 Å². The summed E-state index contributed by atoms with van der Waals surface area (Å²) in [6.45, 7) is 1.64. The van der Waals surface area contributed by atoms with Gasteiger partial charge in [0.05, 0.1) is 12.2 Å². The second-order valence-electron chi connectivity index (χ2n) is 5.53. The van der Waals surface area contributed by atoms with Crippen LogP contribution in [0.5, 0.6) is 0 Å². The Morgan fingerprint density at radius 3 is 2.67 bits per heavy atom. The molecule has 0 bridgehead atoms. The third kappa shape index (κ3) is 3.92. The number of benzene rings is 1. The second-order valence-corrected chi connectivity index (χ2v) is 6.44. The van der Waals surface area contributed by atoms with Crippen LogP contribution in [-0.2, 0) is 23.1 Å². The van der Waals surface area contributed by atoms with Crippen molar-refractivity contribution in [2.75, 3.05) is 6.61 Å². The molecule has 3 aromatic rings. The van der Waals surface area contributed by atoms with E-state index in [-0.39, 0.29) is 30.2 Å². The predicted molar refractivity (Wildman–Crippen MR) is 98.5 cm³/mol. The van der Waals surface area contributed by atoms with Gasteiger partial charge in [-0.05, 0) is 31.2 Å². The number of aryl methyl sites for hydroxylation is 1. The minimum atomic E-state index is -0.732. The zero-order valence-electron chi connectivity index (χ0n) is 14.5. The van der Waals surface area contributed by atoms with Crippen LogP contribution in [0.4, 0.5) is 0 Å². The molecule has 0 radical (unpaired) electrons. The molecule has 3 rings (SSSR count). The summed E-state index contributed by atoms with van der Waals surface area (Å²) >= 11 is 3.37. The van der Waals surface area contributed by atoms with Gasteiger partial charge in [-0.2, -0.15) is 5.10 Å². The van der Waals surface area contributed by atoms with E-state index in [1.54, 1.807) is 25.1 Å². The largest absolute Gasteiger partial charge is 0.460 e. The summed E-state index contributed by atoms with van der Waals surface area (Å²) < 4.78 is 17.7. The Kier molecular flexibility index (Phi) is 5.41. The number of nitrogens with zero attached hydrogens (tertiary/aromatic N) is 2. The summed E-state index contributed by atoms with van der Waals surface area (Å²) in [5, 5.41) is 4.46. The summed E-state index contributed by atoms with van der Waals surface area (Å²) in [7, 11) is 1.43. The van der Waals surface area contributed by atoms with Gasteiger partial charge < -0.3 is 13.9 Å². The van der Waals surface area contributed by atoms with E-state index >= 15 is 0 Å². The van der Waals surface area contributed by atoms with Crippen molar-refractivity contribution in [2.45, 2.75) is 13.5 Å². The van der Waals surface area contributed by atoms with E-state index in [1.165, 1.54) is 19.2 Å². The van der Waals surface area contributed by atoms with E-state index in [0.29, 0.717) is 16.5 Å². The van der Waals surface area contributed by atoms with Crippen LogP contribution in [0.2, 0.25) is 0 Å². The maximum absolute atomic E-state index is 12.3. The van der Waals surface area contributed by atoms with E-state index in [0.717, 1.165) is 9.15 Å². The highest BCUT2D eigenvalue weighted by Crippen LogP contribution is 2.30. The fourth-order valence-corrected chi connectivity index (χ4v) is 2.81. The summed E-state index contributed by atoms with van der Waals surface area (Å²) in [5.74, 6) is -1.40. The SMILES string of the molecule is CCOC(=O)c1oc2ccc(Br)cc2c1COC(=O)c1ccc(=O)n(C)n1. The highest BCUT2D eigenvalue weighted by molar-refractivity contribution is 9.10. The molecule has 0 aliphatic rings. The minimum absolute atomic E-state index is 0.0221. The molecule has 0 aliphatic carbocycles. The number of aromatic nitrogens is 2. The molecular formula is C18H15BrN2O6. The lowest BCUT2D eigenvalue weighted by molar-refractivity contribution is 0.0429. The minimum Gasteiger partial charge on any atom is -0.460 e. The summed E-state index contributed by atoms with van der Waals surface area (Å²) in [5.41, 5.74) is 0.487. The number of hydrogen-bond acceptors (Lipinski definition) is 7. The molecule has 0 unspecified atom stereocenters. The molecule has 2 heterocycles. The normalized spacial score (nSPS) is 10.8. The Morgan fingerprint density at radius 2 is 1.96 bits per heavy atom. The number of ether oxygens (including phenoxy) is 2. The van der Waals surface area contributed by atoms with Crippen molar-refractivity contribution < 1.29 is 23.5 Å². The van der Waals surface area contributed by atoms with Gasteiger partial charge in [0.25, 0.3) is 5.56 Å². The Bertz CT molecular complexity index is 1090. The summed E-state index contributed by atoms with van der Waals surface area (Å²) in [6.07, 6.45) is 0. The first kappa shape index (κ1) is 18.8. The molecule has 0 saturated carbocycles. The van der Waals surface area contributed by atoms with Gasteiger partial charge in [0.15, 0.2) is 5.69 Å². The number of halogens is 1. The number of esters is 2. The van der Waals surface area contributed by atoms with E-state index in [2.05, 4.69) is 21.0 Å². The standard InChI is InChI=1S/C18H15BrN2O6/c1-3-25-18(24)16-12(11-8-10(19)4-6-14(11)27-16)9-26-17(23)13-5-7-15(22)21(2)20-13/h4-8H,3,9H2,1-2H3. The van der Waals surface area contributed by atoms with Gasteiger partial charge in [-0.25, -0.2) is 14.3 Å². The van der Waals surface area contributed by atoms with Crippen LogP contribution in [0, 0.1) is 0 Å². The van der Waals surface area contributed by atoms with Crippen molar-refractivity contribution in [1.82, 2.24) is 9.78 Å². The fourth-order valence-electron chi connectivity index (χ4n) is 2.45. The quantitative estimate of drug-likeness (QED) is 0.568. The van der Waals surface area contributed by atoms with E-state index in [4.69, 9.17) is 13.9 Å². The monoisotopic (exact) mass is 434 g/mol. The van der Waals surface area contributed by atoms with Crippen LogP contribution >= 0.6 is 15.9 Å². The van der Waals surface area contributed by atoms with Crippen LogP contribution in [-0.4, -0.2) is 28.3 Å². The molecular weight excluding hydrogens is 420 g/mol. The number of hydrogen-bond donors (Lipinski definition) is 0. The molecule has 9 heteroatoms. The van der Waals surface area contributed by atoms with Crippen LogP contribution in [0.3, 0.4) is 0 Å². The fraction of sp³-hybridized carbons (Fsp3) is 0.222. The maximum Gasteiger partial charge on any atom is 0.374 e. The summed E-state index contributed by atoms with van der Waals surface area (Å²) in [6, 6.07) is 7.72. The van der Waals surface area contributed by atoms with E-state index < -0.39 is 11.9 Å². The van der Waals surface area contributed by atoms with Gasteiger partial charge in [-0.3, -0.25) is 4.79 Å². The van der Waals surface area contributed by atoms with Crippen LogP contribution < -0.4 is 5.56 Å². The maximum atomic E-state index is 12.3. The average Bonchev–Trinajstić information content (AvgIpc) is 3.00. The molecule has 0 saturated heterocycles. The lowest BCUT2D eigenvalue weighted by Gasteiger charge is -2.06. The van der Waals surface area contributed by atoms with Crippen molar-refractivity contribution in [3.05, 3.63) is 62.2 Å². The van der Waals surface area contributed by atoms with Crippen molar-refractivity contribution >= 4 is 38.8 Å². The predicted octanol–water partition coefficient (Wildman–Crippen LogP) is 2.82. The zero-order chi connectivity index (χ0) is 19.6. The first-order valence-corrected chi connectivity index (χ1v) is 8.79. The average molecular weight is 435 g/mol. The smallest absolute Gasteiger partial charge is 0.374 e. The van der Waals surface area contributed by atoms with Crippen LogP contribution in [0.25, 0.3) is 11.0 Å². The van der Waals surface area contributed by atoms with Crippen LogP contribution in [0.1, 0.15) is 33.5 Å². The van der Waals surface area contributed by atoms with Gasteiger partial charge in [-0.15, -0.1) is 0 Å². The lowest BCUT2D eigenvalue weighted by atomic mass is 10.1. The molecule has 8 nitrogen and oxygen atoms in total. The third-order valence-electron chi connectivity index (χ3n) is 3.73. The van der Waals surface area contributed by atoms with Gasteiger partial charge in [-0.1, -0.05) is 15.9 Å². The number of furan rings is 1. The molecule has 0 N–H and O–H groups in total. The number of fused-ring (bicyclic) bond motifs is 1. The van der Waals surface area contributed by atoms with Gasteiger partial charge in [0, 0.05) is 23.0 Å². The lowest BCUT2D eigenvalue weighted by Crippen LogP contribution is -2.22. The molecule has 0 amide bonds. The van der Waals surface area contributed by atoms with Gasteiger partial charge >= 0.3 is 11.9 Å². The highest BCUT2D eigenvalue weighted by Gasteiger charge is 2.23. The molecule has 27 heavy (non-hydrogen) atoms. The Hall–Kier alpha value is -2.94. The molecule has 140 valence electrons. The molecule has 0 aliphatic heterocycles. The van der Waals surface area contributed by atoms with Crippen molar-refractivity contribution in [3.63, 3.8) is 0 Å². The Labute approximate surface area is 161 Å². The van der Waals surface area contributed by atoms with Gasteiger partial charge in [0.1, 0.15) is 12.2 Å². The molecule has 0 fully saturated rings. The number of carbonyl (C=O) groups excluding carboxylic acids is 2. The first-order valence-electron chi connectivity index (χ1n) is 8.00. The van der Waals surface area contributed by atoms with E-state index in [1.807, 2.05) is 0 Å². The summed E-state index contributed by atoms with van der Waals surface area (Å²) in [4.78, 5) is 35.8. The zero-order valence-corrected chi connectivity index (χ0v) is 16.1. The molecule has 0 spiro atoms. The second kappa shape index (κ2) is 7.75. The van der Waals surface area contributed by atoms with Crippen molar-refractivity contribution in [3.8, 4) is 0 Å². The van der Waals surface area contributed by atoms with E-state index in [9.17, 15) is 14.4 Å². The number of rotatable bonds is 5. The Morgan fingerprint density at radius 1 is 1.19 bits per heavy atom. The third-order valence-corrected chi connectivity index (χ3v) is 4.22. The van der Waals surface area contributed by atoms with Crippen molar-refractivity contribution in [2.24, 2.45) is 7.05 Å². The highest BCUT2D eigenvalue weighted by atomic mass is 79.9.